The van der Waals surface area contributed by atoms with Crippen LogP contribution in [0.15, 0.2) is 4.76 Å². The van der Waals surface area contributed by atoms with Crippen LogP contribution < -0.4 is 0 Å². The van der Waals surface area contributed by atoms with Crippen LogP contribution >= 0.6 is 7.75 Å². The molecule has 0 aromatic rings. The first-order valence-electron chi connectivity index (χ1n) is 6.58. The van der Waals surface area contributed by atoms with Crippen molar-refractivity contribution >= 4 is 13.5 Å². The van der Waals surface area contributed by atoms with Gasteiger partial charge in [-0.1, -0.05) is 6.92 Å². The molecular formula is C12H22NO3P. The summed E-state index contributed by atoms with van der Waals surface area (Å²) >= 11 is 0. The van der Waals surface area contributed by atoms with Gasteiger partial charge in [0.1, 0.15) is 0 Å². The molecule has 0 aliphatic heterocycles. The fraction of sp³-hybridized carbons (Fsp3) is 0.917. The van der Waals surface area contributed by atoms with Crippen LogP contribution in [0.4, 0.5) is 0 Å². The molecule has 3 atom stereocenters. The molecule has 2 bridgehead atoms. The molecule has 2 rings (SSSR count). The Kier molecular flexibility index (Phi) is 4.06. The van der Waals surface area contributed by atoms with E-state index < -0.39 is 7.75 Å². The molecule has 4 nitrogen and oxygen atoms in total. The van der Waals surface area contributed by atoms with Crippen molar-refractivity contribution in [3.05, 3.63) is 0 Å². The second kappa shape index (κ2) is 5.21. The van der Waals surface area contributed by atoms with Crippen LogP contribution in [-0.2, 0) is 13.6 Å². The number of fused-ring (bicyclic) bond motifs is 2. The van der Waals surface area contributed by atoms with E-state index in [-0.39, 0.29) is 0 Å². The summed E-state index contributed by atoms with van der Waals surface area (Å²) in [6.45, 7) is 6.56. The largest absolute Gasteiger partial charge is 0.453 e. The highest BCUT2D eigenvalue weighted by Gasteiger charge is 2.44. The molecule has 17 heavy (non-hydrogen) atoms. The third-order valence-corrected chi connectivity index (χ3v) is 5.53. The Labute approximate surface area is 103 Å². The quantitative estimate of drug-likeness (QED) is 0.708. The van der Waals surface area contributed by atoms with Gasteiger partial charge in [0, 0.05) is 5.71 Å². The lowest BCUT2D eigenvalue weighted by Gasteiger charge is -2.21. The van der Waals surface area contributed by atoms with Crippen molar-refractivity contribution in [1.82, 2.24) is 0 Å². The Balaban J connectivity index is 2.18. The fourth-order valence-electron chi connectivity index (χ4n) is 3.09. The molecule has 5 heteroatoms. The molecule has 0 radical (unpaired) electrons. The zero-order valence-corrected chi connectivity index (χ0v) is 11.8. The van der Waals surface area contributed by atoms with Gasteiger partial charge < -0.3 is 0 Å². The summed E-state index contributed by atoms with van der Waals surface area (Å²) in [7, 11) is -3.25. The summed E-state index contributed by atoms with van der Waals surface area (Å²) < 4.78 is 27.2. The Morgan fingerprint density at radius 3 is 2.41 bits per heavy atom. The van der Waals surface area contributed by atoms with Gasteiger partial charge in [0.15, 0.2) is 0 Å². The molecule has 2 saturated carbocycles. The van der Waals surface area contributed by atoms with E-state index in [0.717, 1.165) is 11.6 Å². The van der Waals surface area contributed by atoms with Gasteiger partial charge in [0.25, 0.3) is 0 Å². The van der Waals surface area contributed by atoms with Gasteiger partial charge in [0.2, 0.25) is 0 Å². The third kappa shape index (κ3) is 2.64. The van der Waals surface area contributed by atoms with Crippen LogP contribution in [0.1, 0.15) is 40.0 Å². The zero-order chi connectivity index (χ0) is 12.5. The van der Waals surface area contributed by atoms with Crippen LogP contribution in [-0.4, -0.2) is 18.9 Å². The van der Waals surface area contributed by atoms with Crippen molar-refractivity contribution in [1.29, 1.82) is 0 Å². The van der Waals surface area contributed by atoms with E-state index in [1.54, 1.807) is 0 Å². The molecule has 0 saturated heterocycles. The molecule has 2 aliphatic rings. The summed E-state index contributed by atoms with van der Waals surface area (Å²) in [5, 5.41) is 0. The minimum atomic E-state index is -3.25. The lowest BCUT2D eigenvalue weighted by molar-refractivity contribution is 0.221. The molecule has 0 aromatic heterocycles. The molecule has 2 fully saturated rings. The molecule has 0 spiro atoms. The zero-order valence-electron chi connectivity index (χ0n) is 10.9. The molecule has 0 N–H and O–H groups in total. The minimum absolute atomic E-state index is 0.372. The van der Waals surface area contributed by atoms with Gasteiger partial charge in [-0.05, 0) is 50.9 Å². The van der Waals surface area contributed by atoms with Gasteiger partial charge in [-0.3, -0.25) is 9.05 Å². The lowest BCUT2D eigenvalue weighted by atomic mass is 9.89. The normalized spacial score (nSPS) is 34.8. The maximum absolute atomic E-state index is 12.4. The SMILES string of the molecule is CCOP(=O)(/N=C1\C2CCC(C2)C1C)OCC. The first-order valence-corrected chi connectivity index (χ1v) is 8.08. The molecule has 0 heterocycles. The summed E-state index contributed by atoms with van der Waals surface area (Å²) in [6, 6.07) is 0. The molecule has 3 unspecified atom stereocenters. The lowest BCUT2D eigenvalue weighted by Crippen LogP contribution is -2.19. The van der Waals surface area contributed by atoms with Gasteiger partial charge >= 0.3 is 7.75 Å². The van der Waals surface area contributed by atoms with Gasteiger partial charge in [0.05, 0.1) is 13.2 Å². The predicted octanol–water partition coefficient (Wildman–Crippen LogP) is 3.67. The topological polar surface area (TPSA) is 47.9 Å². The van der Waals surface area contributed by atoms with Crippen molar-refractivity contribution in [3.8, 4) is 0 Å². The first kappa shape index (κ1) is 13.3. The van der Waals surface area contributed by atoms with Crippen LogP contribution in [0.5, 0.6) is 0 Å². The summed E-state index contributed by atoms with van der Waals surface area (Å²) in [6.07, 6.45) is 3.68. The number of hydrogen-bond donors (Lipinski definition) is 0. The maximum atomic E-state index is 12.4. The minimum Gasteiger partial charge on any atom is -0.291 e. The number of hydrogen-bond acceptors (Lipinski definition) is 3. The Bertz CT molecular complexity index is 342. The highest BCUT2D eigenvalue weighted by molar-refractivity contribution is 7.52. The van der Waals surface area contributed by atoms with Crippen LogP contribution in [0.25, 0.3) is 0 Å². The number of rotatable bonds is 5. The third-order valence-electron chi connectivity index (χ3n) is 3.89. The number of nitrogens with zero attached hydrogens (tertiary/aromatic N) is 1. The van der Waals surface area contributed by atoms with E-state index >= 15 is 0 Å². The van der Waals surface area contributed by atoms with E-state index in [2.05, 4.69) is 11.7 Å². The standard InChI is InChI=1S/C12H22NO3P/c1-4-15-17(14,16-5-2)13-12-9(3)10-6-7-11(12)8-10/h9-11H,4-8H2,1-3H3/b13-12-. The van der Waals surface area contributed by atoms with Crippen molar-refractivity contribution in [3.63, 3.8) is 0 Å². The van der Waals surface area contributed by atoms with Crippen molar-refractivity contribution in [2.75, 3.05) is 13.2 Å². The Hall–Kier alpha value is -0.180. The molecule has 0 amide bonds. The molecule has 2 aliphatic carbocycles. The average molecular weight is 259 g/mol. The van der Waals surface area contributed by atoms with E-state index in [1.807, 2.05) is 13.8 Å². The second-order valence-corrected chi connectivity index (χ2v) is 6.54. The van der Waals surface area contributed by atoms with Gasteiger partial charge in [-0.15, -0.1) is 0 Å². The first-order chi connectivity index (χ1) is 8.09. The summed E-state index contributed by atoms with van der Waals surface area (Å²) in [5.74, 6) is 1.70. The summed E-state index contributed by atoms with van der Waals surface area (Å²) in [5.41, 5.74) is 1.08. The summed E-state index contributed by atoms with van der Waals surface area (Å²) in [4.78, 5) is 0. The second-order valence-electron chi connectivity index (χ2n) is 4.89. The van der Waals surface area contributed by atoms with E-state index in [0.29, 0.717) is 25.0 Å². The Morgan fingerprint density at radius 1 is 1.29 bits per heavy atom. The van der Waals surface area contributed by atoms with Crippen molar-refractivity contribution < 1.29 is 13.6 Å². The van der Waals surface area contributed by atoms with Crippen LogP contribution in [0.2, 0.25) is 0 Å². The highest BCUT2D eigenvalue weighted by atomic mass is 31.2. The van der Waals surface area contributed by atoms with E-state index in [9.17, 15) is 4.57 Å². The van der Waals surface area contributed by atoms with Crippen molar-refractivity contribution in [2.24, 2.45) is 22.5 Å². The average Bonchev–Trinajstić information content (AvgIpc) is 2.83. The molecule has 0 aromatic carbocycles. The fourth-order valence-corrected chi connectivity index (χ4v) is 4.56. The Morgan fingerprint density at radius 2 is 1.94 bits per heavy atom. The van der Waals surface area contributed by atoms with Crippen LogP contribution in [0.3, 0.4) is 0 Å². The maximum Gasteiger partial charge on any atom is 0.453 e. The van der Waals surface area contributed by atoms with Crippen LogP contribution in [0, 0.1) is 17.8 Å². The monoisotopic (exact) mass is 259 g/mol. The molecule has 98 valence electrons. The van der Waals surface area contributed by atoms with E-state index in [4.69, 9.17) is 9.05 Å². The highest BCUT2D eigenvalue weighted by Crippen LogP contribution is 2.54. The van der Waals surface area contributed by atoms with E-state index in [1.165, 1.54) is 19.3 Å². The smallest absolute Gasteiger partial charge is 0.291 e. The molecular weight excluding hydrogens is 237 g/mol. The van der Waals surface area contributed by atoms with Crippen molar-refractivity contribution in [2.45, 2.75) is 40.0 Å². The van der Waals surface area contributed by atoms with Gasteiger partial charge in [-0.25, -0.2) is 4.57 Å². The predicted molar refractivity (Wildman–Crippen MR) is 68.3 cm³/mol. The van der Waals surface area contributed by atoms with Gasteiger partial charge in [-0.2, -0.15) is 4.76 Å².